The monoisotopic (exact) mass is 261 g/mol. The first-order valence-corrected chi connectivity index (χ1v) is 6.34. The molecule has 0 saturated carbocycles. The van der Waals surface area contributed by atoms with E-state index in [-0.39, 0.29) is 6.61 Å². The highest BCUT2D eigenvalue weighted by atomic mass is 16.5. The van der Waals surface area contributed by atoms with Crippen molar-refractivity contribution >= 4 is 0 Å². The summed E-state index contributed by atoms with van der Waals surface area (Å²) in [7, 11) is 1.80. The predicted molar refractivity (Wildman–Crippen MR) is 72.3 cm³/mol. The topological polar surface area (TPSA) is 60.2 Å². The molecule has 0 atom stereocenters. The lowest BCUT2D eigenvalue weighted by Crippen LogP contribution is -2.01. The van der Waals surface area contributed by atoms with E-state index in [1.807, 2.05) is 32.9 Å². The minimum Gasteiger partial charge on any atom is -0.437 e. The van der Waals surface area contributed by atoms with Gasteiger partial charge in [0, 0.05) is 12.7 Å². The number of aliphatic hydroxyl groups is 1. The Bertz CT molecular complexity index is 591. The Balaban J connectivity index is 2.41. The van der Waals surface area contributed by atoms with Crippen LogP contribution < -0.4 is 4.74 Å². The van der Waals surface area contributed by atoms with E-state index in [2.05, 4.69) is 10.1 Å². The van der Waals surface area contributed by atoms with Crippen LogP contribution in [0.15, 0.2) is 12.1 Å². The van der Waals surface area contributed by atoms with Crippen LogP contribution in [0, 0.1) is 13.8 Å². The molecule has 0 aliphatic carbocycles. The summed E-state index contributed by atoms with van der Waals surface area (Å²) in [5.74, 6) is 1.28. The van der Waals surface area contributed by atoms with E-state index in [0.717, 1.165) is 23.5 Å². The first-order valence-electron chi connectivity index (χ1n) is 6.34. The number of hydrogen-bond donors (Lipinski definition) is 1. The van der Waals surface area contributed by atoms with Gasteiger partial charge in [-0.1, -0.05) is 6.92 Å². The molecule has 0 radical (unpaired) electrons. The molecule has 0 aliphatic heterocycles. The van der Waals surface area contributed by atoms with Gasteiger partial charge >= 0.3 is 0 Å². The zero-order valence-electron chi connectivity index (χ0n) is 11.8. The third-order valence-electron chi connectivity index (χ3n) is 3.06. The largest absolute Gasteiger partial charge is 0.437 e. The molecule has 0 unspecified atom stereocenters. The molecule has 0 saturated heterocycles. The van der Waals surface area contributed by atoms with Gasteiger partial charge in [0.05, 0.1) is 23.6 Å². The van der Waals surface area contributed by atoms with Crippen molar-refractivity contribution in [3.63, 3.8) is 0 Å². The third kappa shape index (κ3) is 2.61. The minimum atomic E-state index is -0.0875. The van der Waals surface area contributed by atoms with Crippen LogP contribution in [-0.4, -0.2) is 19.9 Å². The number of aromatic nitrogens is 3. The number of rotatable bonds is 4. The van der Waals surface area contributed by atoms with E-state index < -0.39 is 0 Å². The zero-order chi connectivity index (χ0) is 14.0. The fourth-order valence-corrected chi connectivity index (χ4v) is 2.04. The standard InChI is InChI=1S/C14H19N3O2/c1-5-12-13(7-6-9(2)15-12)19-14-11(8-18)10(3)16-17(14)4/h6-7,18H,5,8H2,1-4H3. The highest BCUT2D eigenvalue weighted by molar-refractivity contribution is 5.37. The van der Waals surface area contributed by atoms with Crippen LogP contribution in [0.1, 0.15) is 29.6 Å². The van der Waals surface area contributed by atoms with E-state index in [4.69, 9.17) is 4.74 Å². The Morgan fingerprint density at radius 1 is 1.32 bits per heavy atom. The van der Waals surface area contributed by atoms with E-state index >= 15 is 0 Å². The molecule has 0 aliphatic rings. The van der Waals surface area contributed by atoms with E-state index in [9.17, 15) is 5.11 Å². The summed E-state index contributed by atoms with van der Waals surface area (Å²) in [6.45, 7) is 5.76. The van der Waals surface area contributed by atoms with E-state index in [1.54, 1.807) is 11.7 Å². The summed E-state index contributed by atoms with van der Waals surface area (Å²) in [6, 6.07) is 3.82. The van der Waals surface area contributed by atoms with Gasteiger partial charge in [-0.15, -0.1) is 0 Å². The van der Waals surface area contributed by atoms with Crippen molar-refractivity contribution in [3.05, 3.63) is 34.8 Å². The smallest absolute Gasteiger partial charge is 0.223 e. The summed E-state index contributed by atoms with van der Waals surface area (Å²) in [5.41, 5.74) is 3.36. The number of ether oxygens (including phenoxy) is 1. The second-order valence-corrected chi connectivity index (χ2v) is 4.50. The predicted octanol–water partition coefficient (Wildman–Crippen LogP) is 2.28. The highest BCUT2D eigenvalue weighted by Gasteiger charge is 2.16. The number of hydrogen-bond acceptors (Lipinski definition) is 4. The Labute approximate surface area is 112 Å². The molecule has 0 fully saturated rings. The summed E-state index contributed by atoms with van der Waals surface area (Å²) >= 11 is 0. The molecule has 5 nitrogen and oxygen atoms in total. The van der Waals surface area contributed by atoms with Crippen LogP contribution in [0.2, 0.25) is 0 Å². The maximum Gasteiger partial charge on any atom is 0.223 e. The molecule has 0 bridgehead atoms. The van der Waals surface area contributed by atoms with Gasteiger partial charge in [-0.05, 0) is 32.4 Å². The molecule has 2 aromatic rings. The molecule has 1 N–H and O–H groups in total. The highest BCUT2D eigenvalue weighted by Crippen LogP contribution is 2.29. The average molecular weight is 261 g/mol. The lowest BCUT2D eigenvalue weighted by Gasteiger charge is -2.11. The maximum atomic E-state index is 9.41. The number of aryl methyl sites for hydroxylation is 4. The molecule has 19 heavy (non-hydrogen) atoms. The van der Waals surface area contributed by atoms with E-state index in [0.29, 0.717) is 17.2 Å². The van der Waals surface area contributed by atoms with Crippen molar-refractivity contribution in [2.45, 2.75) is 33.8 Å². The molecule has 2 rings (SSSR count). The summed E-state index contributed by atoms with van der Waals surface area (Å²) in [4.78, 5) is 4.46. The fraction of sp³-hybridized carbons (Fsp3) is 0.429. The average Bonchev–Trinajstić information content (AvgIpc) is 2.65. The molecule has 5 heteroatoms. The summed E-state index contributed by atoms with van der Waals surface area (Å²) in [6.07, 6.45) is 0.794. The van der Waals surface area contributed by atoms with Crippen LogP contribution in [-0.2, 0) is 20.1 Å². The zero-order valence-corrected chi connectivity index (χ0v) is 11.8. The van der Waals surface area contributed by atoms with Crippen molar-refractivity contribution in [1.82, 2.24) is 14.8 Å². The van der Waals surface area contributed by atoms with Gasteiger partial charge in [0.2, 0.25) is 5.88 Å². The second-order valence-electron chi connectivity index (χ2n) is 4.50. The van der Waals surface area contributed by atoms with Crippen molar-refractivity contribution in [2.24, 2.45) is 7.05 Å². The van der Waals surface area contributed by atoms with Gasteiger partial charge in [-0.2, -0.15) is 5.10 Å². The summed E-state index contributed by atoms with van der Waals surface area (Å²) < 4.78 is 7.55. The van der Waals surface area contributed by atoms with Gasteiger partial charge in [0.1, 0.15) is 0 Å². The Morgan fingerprint density at radius 2 is 2.05 bits per heavy atom. The first-order chi connectivity index (χ1) is 9.06. The molecule has 2 aromatic heterocycles. The van der Waals surface area contributed by atoms with Gasteiger partial charge in [-0.3, -0.25) is 4.98 Å². The van der Waals surface area contributed by atoms with E-state index in [1.165, 1.54) is 0 Å². The number of nitrogens with zero attached hydrogens (tertiary/aromatic N) is 3. The van der Waals surface area contributed by atoms with Crippen LogP contribution in [0.5, 0.6) is 11.6 Å². The molecule has 0 spiro atoms. The Morgan fingerprint density at radius 3 is 2.68 bits per heavy atom. The maximum absolute atomic E-state index is 9.41. The molecule has 0 amide bonds. The van der Waals surface area contributed by atoms with Gasteiger partial charge in [-0.25, -0.2) is 4.68 Å². The van der Waals surface area contributed by atoms with Crippen molar-refractivity contribution < 1.29 is 9.84 Å². The fourth-order valence-electron chi connectivity index (χ4n) is 2.04. The second kappa shape index (κ2) is 5.40. The Hall–Kier alpha value is -1.88. The number of pyridine rings is 1. The summed E-state index contributed by atoms with van der Waals surface area (Å²) in [5, 5.41) is 13.7. The molecule has 102 valence electrons. The van der Waals surface area contributed by atoms with Gasteiger partial charge < -0.3 is 9.84 Å². The first kappa shape index (κ1) is 13.5. The lowest BCUT2D eigenvalue weighted by atomic mass is 10.2. The molecule has 0 aromatic carbocycles. The van der Waals surface area contributed by atoms with Gasteiger partial charge in [0.25, 0.3) is 0 Å². The molecular weight excluding hydrogens is 242 g/mol. The van der Waals surface area contributed by atoms with Crippen LogP contribution in [0.3, 0.4) is 0 Å². The number of aliphatic hydroxyl groups excluding tert-OH is 1. The molecular formula is C14H19N3O2. The lowest BCUT2D eigenvalue weighted by molar-refractivity contribution is 0.274. The van der Waals surface area contributed by atoms with Crippen LogP contribution in [0.4, 0.5) is 0 Å². The minimum absolute atomic E-state index is 0.0875. The van der Waals surface area contributed by atoms with Crippen LogP contribution in [0.25, 0.3) is 0 Å². The Kier molecular flexibility index (Phi) is 3.85. The van der Waals surface area contributed by atoms with Crippen molar-refractivity contribution in [1.29, 1.82) is 0 Å². The van der Waals surface area contributed by atoms with Crippen LogP contribution >= 0.6 is 0 Å². The quantitative estimate of drug-likeness (QED) is 0.917. The van der Waals surface area contributed by atoms with Crippen molar-refractivity contribution in [3.8, 4) is 11.6 Å². The SMILES string of the molecule is CCc1nc(C)ccc1Oc1c(CO)c(C)nn1C. The third-order valence-corrected chi connectivity index (χ3v) is 3.06. The normalized spacial score (nSPS) is 10.8. The van der Waals surface area contributed by atoms with Gasteiger partial charge in [0.15, 0.2) is 5.75 Å². The molecule has 2 heterocycles. The van der Waals surface area contributed by atoms with Crippen molar-refractivity contribution in [2.75, 3.05) is 0 Å².